The molecule has 1 radical (unpaired) electrons. The molecule has 173 valence electrons. The van der Waals surface area contributed by atoms with E-state index in [0.717, 1.165) is 25.9 Å². The second kappa shape index (κ2) is 13.5. The van der Waals surface area contributed by atoms with E-state index >= 15 is 0 Å². The van der Waals surface area contributed by atoms with Crippen LogP contribution in [0, 0.1) is 18.3 Å². The van der Waals surface area contributed by atoms with Crippen molar-refractivity contribution in [3.63, 3.8) is 0 Å². The van der Waals surface area contributed by atoms with Gasteiger partial charge in [0.15, 0.2) is 0 Å². The molecule has 0 spiro atoms. The second-order valence-electron chi connectivity index (χ2n) is 10.4. The summed E-state index contributed by atoms with van der Waals surface area (Å²) in [5.74, 6) is 0.251. The van der Waals surface area contributed by atoms with Gasteiger partial charge in [-0.15, -0.1) is 0 Å². The van der Waals surface area contributed by atoms with Crippen LogP contribution in [0.25, 0.3) is 0 Å². The minimum atomic E-state index is -0.250. The standard InChI is InChI=1S/C17H33N3O2.C6H11O.Y/c1-17(2,3)20-11-6-15(7-12-20)19-9-4-14(5-10-19)16(22)18-8-13-21;1-5(7)6(2,3)4;/h14-15,21H,4-13H2,1-3H3,(H,18,22);1H2,2-4H3;/q;-1;. The van der Waals surface area contributed by atoms with Crippen LogP contribution in [-0.4, -0.2) is 77.5 Å². The van der Waals surface area contributed by atoms with E-state index in [2.05, 4.69) is 42.8 Å². The van der Waals surface area contributed by atoms with E-state index in [1.54, 1.807) is 0 Å². The minimum absolute atomic E-state index is 0. The molecule has 0 atom stereocenters. The Bertz CT molecular complexity index is 513. The summed E-state index contributed by atoms with van der Waals surface area (Å²) in [7, 11) is 0. The summed E-state index contributed by atoms with van der Waals surface area (Å²) in [5.41, 5.74) is 0.0305. The molecule has 1 amide bonds. The van der Waals surface area contributed by atoms with E-state index in [4.69, 9.17) is 5.11 Å². The average Bonchev–Trinajstić information content (AvgIpc) is 2.65. The summed E-state index contributed by atoms with van der Waals surface area (Å²) in [6.07, 6.45) is 4.41. The van der Waals surface area contributed by atoms with Crippen molar-refractivity contribution in [3.8, 4) is 0 Å². The predicted octanol–water partition coefficient (Wildman–Crippen LogP) is 2.50. The summed E-state index contributed by atoms with van der Waals surface area (Å²) in [4.78, 5) is 27.5. The zero-order valence-electron chi connectivity index (χ0n) is 20.2. The third kappa shape index (κ3) is 10.5. The molecule has 2 aliphatic heterocycles. The first-order chi connectivity index (χ1) is 13.4. The molecular formula is C23H44N3O3Y-. The van der Waals surface area contributed by atoms with Gasteiger partial charge in [0.1, 0.15) is 0 Å². The topological polar surface area (TPSA) is 72.9 Å². The number of hydrogen-bond donors (Lipinski definition) is 2. The van der Waals surface area contributed by atoms with Crippen LogP contribution < -0.4 is 5.32 Å². The number of likely N-dealkylation sites (tertiary alicyclic amines) is 2. The van der Waals surface area contributed by atoms with Gasteiger partial charge in [0.2, 0.25) is 5.91 Å². The third-order valence-electron chi connectivity index (χ3n) is 6.08. The average molecular weight is 500 g/mol. The SMILES string of the molecule is CC(C)(C)N1CCC(N2CCC(C(=O)NCCO)CC2)CC1.[CH2-]C(=O)C(C)(C)C.[Y]. The van der Waals surface area contributed by atoms with E-state index < -0.39 is 0 Å². The molecule has 0 aromatic heterocycles. The fourth-order valence-corrected chi connectivity index (χ4v) is 3.75. The number of rotatable bonds is 4. The van der Waals surface area contributed by atoms with Gasteiger partial charge in [-0.3, -0.25) is 9.69 Å². The zero-order valence-corrected chi connectivity index (χ0v) is 23.0. The van der Waals surface area contributed by atoms with Crippen LogP contribution in [0.5, 0.6) is 0 Å². The third-order valence-corrected chi connectivity index (χ3v) is 6.08. The number of hydrogen-bond acceptors (Lipinski definition) is 5. The molecule has 2 aliphatic rings. The maximum atomic E-state index is 11.9. The van der Waals surface area contributed by atoms with Gasteiger partial charge in [-0.25, -0.2) is 0 Å². The van der Waals surface area contributed by atoms with Crippen LogP contribution in [0.3, 0.4) is 0 Å². The van der Waals surface area contributed by atoms with Gasteiger partial charge in [-0.05, 0) is 65.0 Å². The van der Waals surface area contributed by atoms with Crippen LogP contribution >= 0.6 is 0 Å². The molecule has 2 heterocycles. The first-order valence-electron chi connectivity index (χ1n) is 11.1. The number of nitrogens with zero attached hydrogens (tertiary/aromatic N) is 2. The van der Waals surface area contributed by atoms with Crippen LogP contribution in [0.15, 0.2) is 0 Å². The fourth-order valence-electron chi connectivity index (χ4n) is 3.75. The van der Waals surface area contributed by atoms with Gasteiger partial charge in [0.05, 0.1) is 6.61 Å². The summed E-state index contributed by atoms with van der Waals surface area (Å²) in [6, 6.07) is 0.694. The molecule has 30 heavy (non-hydrogen) atoms. The molecule has 0 aliphatic carbocycles. The van der Waals surface area contributed by atoms with Crippen molar-refractivity contribution in [1.29, 1.82) is 0 Å². The van der Waals surface area contributed by atoms with Crippen molar-refractivity contribution < 1.29 is 47.4 Å². The molecule has 0 aromatic rings. The Labute approximate surface area is 209 Å². The Morgan fingerprint density at radius 3 is 1.80 bits per heavy atom. The molecular weight excluding hydrogens is 455 g/mol. The van der Waals surface area contributed by atoms with Gasteiger partial charge in [0, 0.05) is 75.6 Å². The Hall–Kier alpha value is -0.00610. The van der Waals surface area contributed by atoms with Crippen LogP contribution in [0.2, 0.25) is 0 Å². The summed E-state index contributed by atoms with van der Waals surface area (Å²) in [5, 5.41) is 11.6. The Morgan fingerprint density at radius 1 is 0.967 bits per heavy atom. The van der Waals surface area contributed by atoms with Gasteiger partial charge in [-0.1, -0.05) is 20.8 Å². The summed E-state index contributed by atoms with van der Waals surface area (Å²) < 4.78 is 0. The van der Waals surface area contributed by atoms with E-state index in [0.29, 0.717) is 12.6 Å². The Balaban J connectivity index is 0.000000909. The summed E-state index contributed by atoms with van der Waals surface area (Å²) >= 11 is 0. The van der Waals surface area contributed by atoms with Crippen molar-refractivity contribution >= 4 is 11.7 Å². The zero-order chi connectivity index (χ0) is 22.2. The monoisotopic (exact) mass is 499 g/mol. The Kier molecular flexibility index (Phi) is 13.5. The number of carbonyl (C=O) groups excluding carboxylic acids is 2. The quantitative estimate of drug-likeness (QED) is 0.582. The van der Waals surface area contributed by atoms with E-state index in [1.807, 2.05) is 20.8 Å². The number of amides is 1. The van der Waals surface area contributed by atoms with E-state index in [9.17, 15) is 9.59 Å². The second-order valence-corrected chi connectivity index (χ2v) is 10.4. The van der Waals surface area contributed by atoms with Crippen molar-refractivity contribution in [2.45, 2.75) is 78.8 Å². The number of aliphatic hydroxyl groups is 1. The first-order valence-corrected chi connectivity index (χ1v) is 11.1. The molecule has 0 aromatic carbocycles. The molecule has 0 bridgehead atoms. The molecule has 2 rings (SSSR count). The fraction of sp³-hybridized carbons (Fsp3) is 0.870. The molecule has 2 N–H and O–H groups in total. The summed E-state index contributed by atoms with van der Waals surface area (Å²) in [6.45, 7) is 20.6. The van der Waals surface area contributed by atoms with Crippen LogP contribution in [0.4, 0.5) is 0 Å². The normalized spacial score (nSPS) is 20.0. The molecule has 0 saturated carbocycles. The predicted molar refractivity (Wildman–Crippen MR) is 119 cm³/mol. The maximum Gasteiger partial charge on any atom is 0.223 e. The number of Topliss-reactive ketones (excluding diaryl/α,β-unsaturated/α-hetero) is 1. The molecule has 7 heteroatoms. The van der Waals surface area contributed by atoms with Crippen molar-refractivity contribution in [3.05, 3.63) is 6.92 Å². The molecule has 0 unspecified atom stereocenters. The van der Waals surface area contributed by atoms with Gasteiger partial charge in [0.25, 0.3) is 0 Å². The van der Waals surface area contributed by atoms with E-state index in [1.165, 1.54) is 25.9 Å². The smallest absolute Gasteiger partial charge is 0.223 e. The van der Waals surface area contributed by atoms with Crippen molar-refractivity contribution in [2.24, 2.45) is 11.3 Å². The molecule has 6 nitrogen and oxygen atoms in total. The number of nitrogens with one attached hydrogen (secondary N) is 1. The minimum Gasteiger partial charge on any atom is -0.395 e. The number of carbonyl (C=O) groups is 2. The van der Waals surface area contributed by atoms with Crippen LogP contribution in [0.1, 0.15) is 67.2 Å². The number of aliphatic hydroxyl groups excluding tert-OH is 1. The molecule has 2 fully saturated rings. The molecule has 2 saturated heterocycles. The van der Waals surface area contributed by atoms with E-state index in [-0.39, 0.29) is 67.9 Å². The number of ketones is 1. The maximum absolute atomic E-state index is 11.9. The van der Waals surface area contributed by atoms with Gasteiger partial charge >= 0.3 is 0 Å². The van der Waals surface area contributed by atoms with Crippen LogP contribution in [-0.2, 0) is 42.3 Å². The largest absolute Gasteiger partial charge is 0.395 e. The van der Waals surface area contributed by atoms with Gasteiger partial charge in [-0.2, -0.15) is 0 Å². The van der Waals surface area contributed by atoms with Crippen molar-refractivity contribution in [1.82, 2.24) is 15.1 Å². The van der Waals surface area contributed by atoms with Crippen molar-refractivity contribution in [2.75, 3.05) is 39.3 Å². The number of piperidine rings is 2. The van der Waals surface area contributed by atoms with Gasteiger partial charge < -0.3 is 27.0 Å². The first kappa shape index (κ1) is 30.0. The Morgan fingerprint density at radius 2 is 1.43 bits per heavy atom.